The molecule has 34 nitrogen and oxygen atoms in total. The summed E-state index contributed by atoms with van der Waals surface area (Å²) in [4.78, 5) is 25.8. The molecule has 6 fully saturated rings. The molecule has 0 aromatic carbocycles. The Morgan fingerprint density at radius 1 is 0.381 bits per heavy atom. The van der Waals surface area contributed by atoms with Gasteiger partial charge in [-0.3, -0.25) is 9.59 Å². The van der Waals surface area contributed by atoms with Crippen LogP contribution in [0, 0.1) is 0 Å². The van der Waals surface area contributed by atoms with Gasteiger partial charge in [0.05, 0.1) is 39.1 Å². The summed E-state index contributed by atoms with van der Waals surface area (Å²) >= 11 is 0. The molecule has 0 aromatic rings. The average Bonchev–Trinajstić information content (AvgIpc) is 0.777. The molecule has 568 valence electrons. The number of aliphatic hydroxyl groups excluding tert-OH is 17. The molecule has 6 aliphatic heterocycles. The molecule has 0 spiro atoms. The van der Waals surface area contributed by atoms with Crippen molar-refractivity contribution in [1.29, 1.82) is 0 Å². The molecule has 19 N–H and O–H groups in total. The van der Waals surface area contributed by atoms with Gasteiger partial charge in [-0.15, -0.1) is 0 Å². The van der Waals surface area contributed by atoms with Crippen LogP contribution in [0.5, 0.6) is 0 Å². The normalized spacial score (nSPS) is 40.8. The lowest BCUT2D eigenvalue weighted by atomic mass is 9.94. The Bertz CT molecular complexity index is 2190. The van der Waals surface area contributed by atoms with Crippen molar-refractivity contribution < 1.29 is 158 Å². The SMILES string of the molecule is CCCCCCCCCCCCCCCCOC(CC)C(=O)NCCCCCO[C@H]1OC(CO)[C@@H](O[C@@H]2OC(CO)[C@H](O[C@H]3OC(CO)[C@H](O)[C@H](O[C@@H]4OC(CO)[C@H](O)[C@H](O[C@@H]5OC(CO)[C@H](O)[C@H](O)C5O[C@@H]5OC(C)[C@@H](O)[C@H](O)C5O)C4NC(C)=O)C3O)[C@H](O)C2O)[C@H](O)C1O. The predicted molar refractivity (Wildman–Crippen MR) is 330 cm³/mol. The summed E-state index contributed by atoms with van der Waals surface area (Å²) in [6.45, 7) is 2.57. The Morgan fingerprint density at radius 2 is 0.784 bits per heavy atom. The van der Waals surface area contributed by atoms with Crippen LogP contribution in [-0.2, 0) is 71.2 Å². The number of amides is 2. The van der Waals surface area contributed by atoms with Crippen LogP contribution in [0.2, 0.25) is 0 Å². The van der Waals surface area contributed by atoms with E-state index in [1.165, 1.54) is 77.6 Å². The van der Waals surface area contributed by atoms with Crippen molar-refractivity contribution >= 4 is 11.8 Å². The van der Waals surface area contributed by atoms with E-state index >= 15 is 0 Å². The number of unbranched alkanes of at least 4 members (excludes halogenated alkanes) is 15. The molecule has 31 atom stereocenters. The number of rotatable bonds is 41. The molecule has 6 aliphatic rings. The van der Waals surface area contributed by atoms with E-state index in [1.54, 1.807) is 0 Å². The minimum atomic E-state index is -2.23. The number of hydrogen-bond donors (Lipinski definition) is 19. The van der Waals surface area contributed by atoms with Crippen LogP contribution >= 0.6 is 0 Å². The van der Waals surface area contributed by atoms with Crippen molar-refractivity contribution in [2.45, 2.75) is 334 Å². The van der Waals surface area contributed by atoms with Gasteiger partial charge < -0.3 is 159 Å². The Morgan fingerprint density at radius 3 is 1.33 bits per heavy atom. The third-order valence-corrected chi connectivity index (χ3v) is 18.7. The fourth-order valence-electron chi connectivity index (χ4n) is 12.8. The minimum Gasteiger partial charge on any atom is -0.394 e. The van der Waals surface area contributed by atoms with Gasteiger partial charge in [0.2, 0.25) is 11.8 Å². The first kappa shape index (κ1) is 83.7. The van der Waals surface area contributed by atoms with E-state index in [0.717, 1.165) is 26.2 Å². The maximum atomic E-state index is 12.9. The summed E-state index contributed by atoms with van der Waals surface area (Å²) in [7, 11) is 0. The van der Waals surface area contributed by atoms with E-state index in [4.69, 9.17) is 61.6 Å². The zero-order valence-electron chi connectivity index (χ0n) is 56.0. The van der Waals surface area contributed by atoms with Crippen LogP contribution in [0.1, 0.15) is 143 Å². The van der Waals surface area contributed by atoms with Crippen molar-refractivity contribution in [3.63, 3.8) is 0 Å². The molecule has 0 aromatic heterocycles. The summed E-state index contributed by atoms with van der Waals surface area (Å²) in [5.74, 6) is -1.05. The molecular weight excluding hydrogens is 1300 g/mol. The van der Waals surface area contributed by atoms with E-state index in [9.17, 15) is 96.4 Å². The second-order valence-corrected chi connectivity index (χ2v) is 26.0. The Balaban J connectivity index is 0.993. The lowest BCUT2D eigenvalue weighted by molar-refractivity contribution is -0.393. The Kier molecular flexibility index (Phi) is 36.7. The molecule has 6 heterocycles. The molecule has 2 amide bonds. The van der Waals surface area contributed by atoms with E-state index in [-0.39, 0.29) is 12.5 Å². The van der Waals surface area contributed by atoms with Gasteiger partial charge in [-0.2, -0.15) is 0 Å². The largest absolute Gasteiger partial charge is 0.394 e. The third kappa shape index (κ3) is 23.1. The van der Waals surface area contributed by atoms with Gasteiger partial charge in [0.25, 0.3) is 0 Å². The van der Waals surface area contributed by atoms with Crippen molar-refractivity contribution in [2.24, 2.45) is 0 Å². The molecule has 0 radical (unpaired) electrons. The van der Waals surface area contributed by atoms with Crippen molar-refractivity contribution in [3.8, 4) is 0 Å². The van der Waals surface area contributed by atoms with Crippen LogP contribution < -0.4 is 10.6 Å². The van der Waals surface area contributed by atoms with Gasteiger partial charge in [0.1, 0.15) is 146 Å². The van der Waals surface area contributed by atoms with Crippen molar-refractivity contribution in [2.75, 3.05) is 52.8 Å². The van der Waals surface area contributed by atoms with Crippen LogP contribution in [0.25, 0.3) is 0 Å². The number of carbonyl (C=O) groups excluding carboxylic acids is 2. The predicted octanol–water partition coefficient (Wildman–Crippen LogP) is -5.34. The van der Waals surface area contributed by atoms with E-state index in [0.29, 0.717) is 38.8 Å². The number of aliphatic hydroxyl groups is 17. The van der Waals surface area contributed by atoms with E-state index < -0.39 is 229 Å². The van der Waals surface area contributed by atoms with Gasteiger partial charge >= 0.3 is 0 Å². The fraction of sp³-hybridized carbons (Fsp3) is 0.968. The minimum absolute atomic E-state index is 0.0358. The molecule has 6 rings (SSSR count). The van der Waals surface area contributed by atoms with Gasteiger partial charge in [-0.05, 0) is 39.0 Å². The molecule has 0 saturated carbocycles. The summed E-state index contributed by atoms with van der Waals surface area (Å²) in [6.07, 6.45) is -34.7. The van der Waals surface area contributed by atoms with Gasteiger partial charge in [-0.1, -0.05) is 97.3 Å². The van der Waals surface area contributed by atoms with Crippen LogP contribution in [-0.4, -0.2) is 342 Å². The van der Waals surface area contributed by atoms with Gasteiger partial charge in [-0.25, -0.2) is 0 Å². The van der Waals surface area contributed by atoms with Gasteiger partial charge in [0.15, 0.2) is 37.7 Å². The zero-order valence-corrected chi connectivity index (χ0v) is 56.0. The molecule has 0 bridgehead atoms. The van der Waals surface area contributed by atoms with Crippen LogP contribution in [0.4, 0.5) is 0 Å². The number of hydrogen-bond acceptors (Lipinski definition) is 32. The highest BCUT2D eigenvalue weighted by molar-refractivity contribution is 5.80. The first-order chi connectivity index (χ1) is 46.5. The molecular formula is C63H114N2O32. The smallest absolute Gasteiger partial charge is 0.249 e. The summed E-state index contributed by atoms with van der Waals surface area (Å²) in [5.41, 5.74) is 0. The first-order valence-electron chi connectivity index (χ1n) is 34.7. The molecule has 6 saturated heterocycles. The van der Waals surface area contributed by atoms with Crippen LogP contribution in [0.3, 0.4) is 0 Å². The number of nitrogens with one attached hydrogen (secondary N) is 2. The molecule has 0 aliphatic carbocycles. The average molecular weight is 1410 g/mol. The highest BCUT2D eigenvalue weighted by Gasteiger charge is 2.58. The third-order valence-electron chi connectivity index (χ3n) is 18.7. The maximum absolute atomic E-state index is 12.9. The summed E-state index contributed by atoms with van der Waals surface area (Å²) in [5, 5.41) is 192. The van der Waals surface area contributed by atoms with E-state index in [2.05, 4.69) is 17.6 Å². The van der Waals surface area contributed by atoms with Gasteiger partial charge in [0, 0.05) is 26.7 Å². The number of carbonyl (C=O) groups is 2. The lowest BCUT2D eigenvalue weighted by Gasteiger charge is -2.51. The number of ether oxygens (including phenoxy) is 13. The second kappa shape index (κ2) is 42.5. The summed E-state index contributed by atoms with van der Waals surface area (Å²) in [6, 6.07) is -1.80. The Labute approximate surface area is 565 Å². The maximum Gasteiger partial charge on any atom is 0.249 e. The quantitative estimate of drug-likeness (QED) is 0.0254. The Hall–Kier alpha value is -2.26. The summed E-state index contributed by atoms with van der Waals surface area (Å²) < 4.78 is 75.8. The lowest BCUT2D eigenvalue weighted by Crippen LogP contribution is -2.70. The monoisotopic (exact) mass is 1410 g/mol. The highest BCUT2D eigenvalue weighted by Crippen LogP contribution is 2.38. The first-order valence-corrected chi connectivity index (χ1v) is 34.7. The molecule has 34 heteroatoms. The van der Waals surface area contributed by atoms with Crippen LogP contribution in [0.15, 0.2) is 0 Å². The standard InChI is InChI=1S/C63H114N2O32/c1-5-7-8-9-10-11-12-13-14-15-16-17-18-21-24-85-33(6-2)57(84)64-23-20-19-22-25-86-59-49(81)46(78)52(37(29-69)91-59)93-61-50(82)47(79)53(38(30-70)92-61)94-62-51(83)55(43(75)36(28-68)89-62)96-58-39(65-32(4)71)54(42(74)35(27-67)88-58)95-63-56(45(77)41(73)34(26-66)90-63)97-60-48(80)44(76)40(72)31(3)87-60/h31,33-56,58-63,66-70,72-83H,5-30H2,1-4H3,(H,64,84)(H,65,71)/t31?,33?,34?,35?,36?,37?,38?,39?,40-,41+,42+,43+,44+,45+,46-,47-,48?,49?,50?,51?,52-,53+,54-,55+,56?,58+,59+,60+,61+,62-,63+/m1/s1. The second-order valence-electron chi connectivity index (χ2n) is 26.0. The molecule has 97 heavy (non-hydrogen) atoms. The fourth-order valence-corrected chi connectivity index (χ4v) is 12.8. The zero-order chi connectivity index (χ0) is 71.0. The topological polar surface area (TPSA) is 522 Å². The molecule has 13 unspecified atom stereocenters. The highest BCUT2D eigenvalue weighted by atomic mass is 16.8. The van der Waals surface area contributed by atoms with Crippen molar-refractivity contribution in [1.82, 2.24) is 10.6 Å². The van der Waals surface area contributed by atoms with Crippen molar-refractivity contribution in [3.05, 3.63) is 0 Å². The van der Waals surface area contributed by atoms with E-state index in [1.807, 2.05) is 6.92 Å².